The van der Waals surface area contributed by atoms with Crippen molar-refractivity contribution < 1.29 is 8.76 Å². The lowest BCUT2D eigenvalue weighted by molar-refractivity contribution is 0.565. The normalized spacial score (nSPS) is 12.1. The Bertz CT molecular complexity index is 499. The third-order valence-corrected chi connectivity index (χ3v) is 2.86. The lowest BCUT2D eigenvalue weighted by Crippen LogP contribution is -1.97. The van der Waals surface area contributed by atoms with Gasteiger partial charge >= 0.3 is 0 Å². The molecule has 1 unspecified atom stereocenters. The summed E-state index contributed by atoms with van der Waals surface area (Å²) in [5.74, 6) is 0. The minimum Gasteiger partial charge on any atom is -0.354 e. The van der Waals surface area contributed by atoms with E-state index in [9.17, 15) is 4.21 Å². The molecule has 82 valence electrons. The number of hydrogen-bond donors (Lipinski definition) is 2. The van der Waals surface area contributed by atoms with Crippen molar-refractivity contribution in [1.29, 1.82) is 0 Å². The van der Waals surface area contributed by atoms with E-state index in [-0.39, 0.29) is 0 Å². The van der Waals surface area contributed by atoms with Gasteiger partial charge in [-0.15, -0.1) is 0 Å². The summed E-state index contributed by atoms with van der Waals surface area (Å²) in [5, 5.41) is 3.10. The molecule has 2 aromatic carbocycles. The summed E-state index contributed by atoms with van der Waals surface area (Å²) in [6, 6.07) is 16.5. The summed E-state index contributed by atoms with van der Waals surface area (Å²) < 4.78 is 20.2. The monoisotopic (exact) mass is 233 g/mol. The molecule has 0 aliphatic heterocycles. The average Bonchev–Trinajstić information content (AvgIpc) is 2.31. The van der Waals surface area contributed by atoms with Gasteiger partial charge in [-0.3, -0.25) is 0 Å². The smallest absolute Gasteiger partial charge is 0.188 e. The zero-order valence-corrected chi connectivity index (χ0v) is 9.28. The van der Waals surface area contributed by atoms with Crippen LogP contribution >= 0.6 is 0 Å². The van der Waals surface area contributed by atoms with Crippen molar-refractivity contribution >= 4 is 22.5 Å². The van der Waals surface area contributed by atoms with Gasteiger partial charge in [-0.05, 0) is 24.3 Å². The van der Waals surface area contributed by atoms with Gasteiger partial charge in [0.2, 0.25) is 0 Å². The quantitative estimate of drug-likeness (QED) is 0.801. The summed E-state index contributed by atoms with van der Waals surface area (Å²) >= 11 is -1.98. The highest BCUT2D eigenvalue weighted by atomic mass is 32.2. The molecule has 0 heterocycles. The number of nitrogens with one attached hydrogen (secondary N) is 1. The van der Waals surface area contributed by atoms with Gasteiger partial charge in [0, 0.05) is 5.69 Å². The molecule has 0 amide bonds. The van der Waals surface area contributed by atoms with Gasteiger partial charge in [0.05, 0.1) is 10.6 Å². The second-order valence-corrected chi connectivity index (χ2v) is 4.17. The Kier molecular flexibility index (Phi) is 3.34. The summed E-state index contributed by atoms with van der Waals surface area (Å²) in [7, 11) is 0. The Labute approximate surface area is 96.4 Å². The van der Waals surface area contributed by atoms with Gasteiger partial charge in [0.25, 0.3) is 0 Å². The average molecular weight is 233 g/mol. The lowest BCUT2D eigenvalue weighted by Gasteiger charge is -2.09. The Balaban J connectivity index is 2.31. The van der Waals surface area contributed by atoms with Gasteiger partial charge in [0.1, 0.15) is 0 Å². The maximum atomic E-state index is 11.1. The number of para-hydroxylation sites is 2. The molecule has 0 bridgehead atoms. The Morgan fingerprint density at radius 3 is 2.25 bits per heavy atom. The van der Waals surface area contributed by atoms with Crippen LogP contribution in [0.5, 0.6) is 0 Å². The third kappa shape index (κ3) is 2.48. The van der Waals surface area contributed by atoms with Gasteiger partial charge < -0.3 is 9.87 Å². The minimum atomic E-state index is -1.98. The molecule has 2 aromatic rings. The second-order valence-electron chi connectivity index (χ2n) is 3.24. The molecule has 2 rings (SSSR count). The topological polar surface area (TPSA) is 49.3 Å². The molecule has 16 heavy (non-hydrogen) atoms. The third-order valence-electron chi connectivity index (χ3n) is 2.13. The van der Waals surface area contributed by atoms with Gasteiger partial charge in [-0.1, -0.05) is 30.3 Å². The van der Waals surface area contributed by atoms with E-state index in [2.05, 4.69) is 5.32 Å². The summed E-state index contributed by atoms with van der Waals surface area (Å²) in [4.78, 5) is 0.381. The molecule has 0 fully saturated rings. The molecule has 2 N–H and O–H groups in total. The van der Waals surface area contributed by atoms with Crippen molar-refractivity contribution in [3.05, 3.63) is 54.6 Å². The fourth-order valence-electron chi connectivity index (χ4n) is 1.40. The maximum absolute atomic E-state index is 11.1. The standard InChI is InChI=1S/C12H11NO2S/c14-16(15)12-9-5-4-8-11(12)13-10-6-2-1-3-7-10/h1-9,13H,(H,14,15). The predicted molar refractivity (Wildman–Crippen MR) is 65.2 cm³/mol. The van der Waals surface area contributed by atoms with Crippen molar-refractivity contribution in [1.82, 2.24) is 0 Å². The zero-order valence-electron chi connectivity index (χ0n) is 8.46. The Morgan fingerprint density at radius 1 is 0.938 bits per heavy atom. The molecule has 0 saturated heterocycles. The van der Waals surface area contributed by atoms with Crippen LogP contribution in [0.3, 0.4) is 0 Å². The molecule has 0 aliphatic carbocycles. The second kappa shape index (κ2) is 4.92. The van der Waals surface area contributed by atoms with Crippen molar-refractivity contribution in [3.8, 4) is 0 Å². The number of hydrogen-bond acceptors (Lipinski definition) is 2. The fourth-order valence-corrected chi connectivity index (χ4v) is 1.90. The largest absolute Gasteiger partial charge is 0.354 e. The molecule has 0 saturated carbocycles. The van der Waals surface area contributed by atoms with Crippen LogP contribution in [0, 0.1) is 0 Å². The molecule has 0 aliphatic rings. The van der Waals surface area contributed by atoms with Gasteiger partial charge in [-0.2, -0.15) is 0 Å². The van der Waals surface area contributed by atoms with Crippen molar-refractivity contribution in [3.63, 3.8) is 0 Å². The van der Waals surface area contributed by atoms with E-state index in [0.29, 0.717) is 10.6 Å². The minimum absolute atomic E-state index is 0.381. The van der Waals surface area contributed by atoms with Gasteiger partial charge in [0.15, 0.2) is 11.1 Å². The molecule has 4 heteroatoms. The molecule has 0 aromatic heterocycles. The van der Waals surface area contributed by atoms with E-state index in [1.54, 1.807) is 18.2 Å². The highest BCUT2D eigenvalue weighted by Crippen LogP contribution is 2.22. The van der Waals surface area contributed by atoms with E-state index < -0.39 is 11.1 Å². The highest BCUT2D eigenvalue weighted by molar-refractivity contribution is 7.79. The maximum Gasteiger partial charge on any atom is 0.188 e. The Morgan fingerprint density at radius 2 is 1.56 bits per heavy atom. The molecular formula is C12H11NO2S. The molecular weight excluding hydrogens is 222 g/mol. The van der Waals surface area contributed by atoms with E-state index in [4.69, 9.17) is 4.55 Å². The first-order valence-corrected chi connectivity index (χ1v) is 5.90. The molecule has 0 spiro atoms. The van der Waals surface area contributed by atoms with Crippen LogP contribution in [0.25, 0.3) is 0 Å². The summed E-state index contributed by atoms with van der Waals surface area (Å²) in [5.41, 5.74) is 1.54. The van der Waals surface area contributed by atoms with Crippen LogP contribution in [0.4, 0.5) is 11.4 Å². The zero-order chi connectivity index (χ0) is 11.4. The van der Waals surface area contributed by atoms with Crippen molar-refractivity contribution in [2.75, 3.05) is 5.32 Å². The lowest BCUT2D eigenvalue weighted by atomic mass is 10.3. The highest BCUT2D eigenvalue weighted by Gasteiger charge is 2.06. The van der Waals surface area contributed by atoms with Crippen molar-refractivity contribution in [2.24, 2.45) is 0 Å². The van der Waals surface area contributed by atoms with Crippen LogP contribution in [0.15, 0.2) is 59.5 Å². The van der Waals surface area contributed by atoms with E-state index in [0.717, 1.165) is 5.69 Å². The summed E-state index contributed by atoms with van der Waals surface area (Å²) in [6.07, 6.45) is 0. The van der Waals surface area contributed by atoms with Crippen molar-refractivity contribution in [2.45, 2.75) is 4.90 Å². The van der Waals surface area contributed by atoms with Crippen LogP contribution in [-0.2, 0) is 11.1 Å². The van der Waals surface area contributed by atoms with Crippen LogP contribution in [-0.4, -0.2) is 8.76 Å². The Hall–Kier alpha value is -1.65. The van der Waals surface area contributed by atoms with Crippen LogP contribution < -0.4 is 5.32 Å². The van der Waals surface area contributed by atoms with E-state index >= 15 is 0 Å². The number of rotatable bonds is 3. The molecule has 3 nitrogen and oxygen atoms in total. The van der Waals surface area contributed by atoms with Crippen LogP contribution in [0.2, 0.25) is 0 Å². The molecule has 0 radical (unpaired) electrons. The predicted octanol–water partition coefficient (Wildman–Crippen LogP) is 3.01. The number of benzene rings is 2. The first kappa shape index (κ1) is 10.9. The fraction of sp³-hybridized carbons (Fsp3) is 0. The first-order chi connectivity index (χ1) is 7.77. The van der Waals surface area contributed by atoms with E-state index in [1.807, 2.05) is 36.4 Å². The van der Waals surface area contributed by atoms with E-state index in [1.165, 1.54) is 0 Å². The summed E-state index contributed by atoms with van der Waals surface area (Å²) in [6.45, 7) is 0. The van der Waals surface area contributed by atoms with Crippen LogP contribution in [0.1, 0.15) is 0 Å². The van der Waals surface area contributed by atoms with Gasteiger partial charge in [-0.25, -0.2) is 4.21 Å². The number of anilines is 2. The SMILES string of the molecule is O=S(O)c1ccccc1Nc1ccccc1. The molecule has 1 atom stereocenters. The first-order valence-electron chi connectivity index (χ1n) is 4.79.